The Bertz CT molecular complexity index is 743. The first kappa shape index (κ1) is 18.6. The van der Waals surface area contributed by atoms with Gasteiger partial charge in [-0.2, -0.15) is 0 Å². The summed E-state index contributed by atoms with van der Waals surface area (Å²) >= 11 is 1.60. The monoisotopic (exact) mass is 371 g/mol. The molecular formula is C20H25N3O2S. The van der Waals surface area contributed by atoms with Crippen LogP contribution in [-0.2, 0) is 16.0 Å². The third kappa shape index (κ3) is 4.12. The van der Waals surface area contributed by atoms with Gasteiger partial charge in [0.1, 0.15) is 0 Å². The lowest BCUT2D eigenvalue weighted by Crippen LogP contribution is -2.48. The van der Waals surface area contributed by atoms with Gasteiger partial charge in [0, 0.05) is 37.5 Å². The van der Waals surface area contributed by atoms with E-state index in [0.29, 0.717) is 25.9 Å². The van der Waals surface area contributed by atoms with Crippen LogP contribution in [0.5, 0.6) is 0 Å². The van der Waals surface area contributed by atoms with Gasteiger partial charge in [0.25, 0.3) is 0 Å². The van der Waals surface area contributed by atoms with Crippen LogP contribution in [-0.4, -0.2) is 34.8 Å². The first-order chi connectivity index (χ1) is 12.6. The highest BCUT2D eigenvalue weighted by Crippen LogP contribution is 2.36. The number of piperidine rings is 1. The Kier molecular flexibility index (Phi) is 6.04. The molecule has 0 bridgehead atoms. The van der Waals surface area contributed by atoms with E-state index in [0.717, 1.165) is 17.0 Å². The summed E-state index contributed by atoms with van der Waals surface area (Å²) < 4.78 is 0. The van der Waals surface area contributed by atoms with Crippen molar-refractivity contribution in [2.75, 3.05) is 13.1 Å². The molecule has 1 aromatic heterocycles. The SMILES string of the molecule is CCN1C(=O)CC[C@@H](C(=O)NCCc2nccs2)[C@@H]1c1ccc(C)cc1. The molecule has 26 heavy (non-hydrogen) atoms. The van der Waals surface area contributed by atoms with Gasteiger partial charge in [0.2, 0.25) is 11.8 Å². The quantitative estimate of drug-likeness (QED) is 0.849. The molecule has 0 saturated carbocycles. The van der Waals surface area contributed by atoms with Gasteiger partial charge in [0.15, 0.2) is 0 Å². The van der Waals surface area contributed by atoms with Crippen molar-refractivity contribution in [1.82, 2.24) is 15.2 Å². The zero-order valence-corrected chi connectivity index (χ0v) is 16.1. The van der Waals surface area contributed by atoms with Crippen LogP contribution in [0.1, 0.15) is 41.9 Å². The fourth-order valence-corrected chi connectivity index (χ4v) is 4.20. The van der Waals surface area contributed by atoms with Crippen LogP contribution in [0.25, 0.3) is 0 Å². The second kappa shape index (κ2) is 8.45. The maximum Gasteiger partial charge on any atom is 0.225 e. The second-order valence-corrected chi connectivity index (χ2v) is 7.63. The van der Waals surface area contributed by atoms with E-state index in [2.05, 4.69) is 10.3 Å². The molecule has 1 N–H and O–H groups in total. The minimum Gasteiger partial charge on any atom is -0.355 e. The standard InChI is InChI=1S/C20H25N3O2S/c1-3-23-18(24)9-8-16(19(23)15-6-4-14(2)5-7-15)20(25)22-11-10-17-21-12-13-26-17/h4-7,12-13,16,19H,3,8-11H2,1-2H3,(H,22,25)/t16-,19+/m1/s1. The molecule has 0 unspecified atom stereocenters. The number of thiazole rings is 1. The van der Waals surface area contributed by atoms with E-state index < -0.39 is 0 Å². The van der Waals surface area contributed by atoms with E-state index in [1.807, 2.05) is 48.4 Å². The first-order valence-electron chi connectivity index (χ1n) is 9.12. The lowest BCUT2D eigenvalue weighted by Gasteiger charge is -2.40. The van der Waals surface area contributed by atoms with Crippen molar-refractivity contribution in [2.45, 2.75) is 39.2 Å². The van der Waals surface area contributed by atoms with Crippen LogP contribution in [0.15, 0.2) is 35.8 Å². The number of amides is 2. The molecule has 3 rings (SSSR count). The molecule has 138 valence electrons. The molecule has 6 heteroatoms. The maximum absolute atomic E-state index is 12.9. The zero-order valence-electron chi connectivity index (χ0n) is 15.3. The van der Waals surface area contributed by atoms with Gasteiger partial charge in [-0.25, -0.2) is 4.98 Å². The predicted octanol–water partition coefficient (Wildman–Crippen LogP) is 3.11. The highest BCUT2D eigenvalue weighted by molar-refractivity contribution is 7.09. The summed E-state index contributed by atoms with van der Waals surface area (Å²) in [5, 5.41) is 6.01. The fourth-order valence-electron chi connectivity index (χ4n) is 3.58. The van der Waals surface area contributed by atoms with Gasteiger partial charge in [0.05, 0.1) is 17.0 Å². The number of aromatic nitrogens is 1. The smallest absolute Gasteiger partial charge is 0.225 e. The van der Waals surface area contributed by atoms with Crippen molar-refractivity contribution < 1.29 is 9.59 Å². The van der Waals surface area contributed by atoms with Crippen LogP contribution in [0.4, 0.5) is 0 Å². The van der Waals surface area contributed by atoms with E-state index in [1.54, 1.807) is 17.5 Å². The lowest BCUT2D eigenvalue weighted by atomic mass is 9.83. The third-order valence-electron chi connectivity index (χ3n) is 4.92. The highest BCUT2D eigenvalue weighted by atomic mass is 32.1. The Morgan fingerprint density at radius 3 is 2.77 bits per heavy atom. The molecule has 1 saturated heterocycles. The molecule has 5 nitrogen and oxygen atoms in total. The van der Waals surface area contributed by atoms with Crippen molar-refractivity contribution in [3.8, 4) is 0 Å². The molecule has 2 atom stereocenters. The number of nitrogens with one attached hydrogen (secondary N) is 1. The number of hydrogen-bond donors (Lipinski definition) is 1. The van der Waals surface area contributed by atoms with Crippen LogP contribution < -0.4 is 5.32 Å². The summed E-state index contributed by atoms with van der Waals surface area (Å²) in [5.74, 6) is -0.0605. The second-order valence-electron chi connectivity index (χ2n) is 6.65. The number of aryl methyl sites for hydroxylation is 1. The van der Waals surface area contributed by atoms with Crippen LogP contribution in [0, 0.1) is 12.8 Å². The van der Waals surface area contributed by atoms with E-state index in [9.17, 15) is 9.59 Å². The summed E-state index contributed by atoms with van der Waals surface area (Å²) in [7, 11) is 0. The normalized spacial score (nSPS) is 20.2. The van der Waals surface area contributed by atoms with Gasteiger partial charge >= 0.3 is 0 Å². The molecule has 1 fully saturated rings. The van der Waals surface area contributed by atoms with Crippen LogP contribution in [0.3, 0.4) is 0 Å². The Hall–Kier alpha value is -2.21. The number of hydrogen-bond acceptors (Lipinski definition) is 4. The minimum absolute atomic E-state index is 0.0260. The Morgan fingerprint density at radius 2 is 2.12 bits per heavy atom. The zero-order chi connectivity index (χ0) is 18.5. The summed E-state index contributed by atoms with van der Waals surface area (Å²) in [6, 6.07) is 7.97. The van der Waals surface area contributed by atoms with Crippen molar-refractivity contribution in [3.63, 3.8) is 0 Å². The molecule has 2 aromatic rings. The molecule has 0 spiro atoms. The summed E-state index contributed by atoms with van der Waals surface area (Å²) in [6.45, 7) is 5.20. The van der Waals surface area contributed by atoms with E-state index >= 15 is 0 Å². The largest absolute Gasteiger partial charge is 0.355 e. The van der Waals surface area contributed by atoms with Crippen LogP contribution in [0.2, 0.25) is 0 Å². The number of carbonyl (C=O) groups excluding carboxylic acids is 2. The molecule has 1 aliphatic rings. The number of carbonyl (C=O) groups is 2. The maximum atomic E-state index is 12.9. The molecule has 0 aliphatic carbocycles. The molecule has 0 radical (unpaired) electrons. The predicted molar refractivity (Wildman–Crippen MR) is 103 cm³/mol. The van der Waals surface area contributed by atoms with Crippen molar-refractivity contribution >= 4 is 23.2 Å². The minimum atomic E-state index is -0.216. The average molecular weight is 372 g/mol. The van der Waals surface area contributed by atoms with Gasteiger partial charge < -0.3 is 10.2 Å². The van der Waals surface area contributed by atoms with E-state index in [4.69, 9.17) is 0 Å². The van der Waals surface area contributed by atoms with Crippen molar-refractivity contribution in [3.05, 3.63) is 52.0 Å². The Balaban J connectivity index is 1.74. The molecule has 1 aliphatic heterocycles. The number of benzene rings is 1. The van der Waals surface area contributed by atoms with Crippen molar-refractivity contribution in [2.24, 2.45) is 5.92 Å². The third-order valence-corrected chi connectivity index (χ3v) is 5.76. The summed E-state index contributed by atoms with van der Waals surface area (Å²) in [4.78, 5) is 31.4. The number of rotatable bonds is 6. The Labute approximate surface area is 158 Å². The number of likely N-dealkylation sites (tertiary alicyclic amines) is 1. The van der Waals surface area contributed by atoms with Gasteiger partial charge in [-0.15, -0.1) is 11.3 Å². The fraction of sp³-hybridized carbons (Fsp3) is 0.450. The van der Waals surface area contributed by atoms with Gasteiger partial charge in [-0.3, -0.25) is 9.59 Å². The lowest BCUT2D eigenvalue weighted by molar-refractivity contribution is -0.143. The van der Waals surface area contributed by atoms with Gasteiger partial charge in [-0.1, -0.05) is 29.8 Å². The van der Waals surface area contributed by atoms with Crippen LogP contribution >= 0.6 is 11.3 Å². The topological polar surface area (TPSA) is 62.3 Å². The van der Waals surface area contributed by atoms with Gasteiger partial charge in [-0.05, 0) is 25.8 Å². The average Bonchev–Trinajstić information content (AvgIpc) is 3.15. The summed E-state index contributed by atoms with van der Waals surface area (Å²) in [6.07, 6.45) is 3.54. The first-order valence-corrected chi connectivity index (χ1v) is 10.00. The highest BCUT2D eigenvalue weighted by Gasteiger charge is 2.39. The Morgan fingerprint density at radius 1 is 1.35 bits per heavy atom. The summed E-state index contributed by atoms with van der Waals surface area (Å²) in [5.41, 5.74) is 2.20. The molecular weight excluding hydrogens is 346 g/mol. The number of nitrogens with zero attached hydrogens (tertiary/aromatic N) is 2. The van der Waals surface area contributed by atoms with E-state index in [-0.39, 0.29) is 23.8 Å². The van der Waals surface area contributed by atoms with Crippen molar-refractivity contribution in [1.29, 1.82) is 0 Å². The van der Waals surface area contributed by atoms with E-state index in [1.165, 1.54) is 5.56 Å². The molecule has 2 amide bonds. The molecule has 2 heterocycles. The molecule has 1 aromatic carbocycles.